The molecule has 1 fully saturated rings. The van der Waals surface area contributed by atoms with Crippen molar-refractivity contribution in [3.63, 3.8) is 0 Å². The fraction of sp³-hybridized carbons (Fsp3) is 0.750. The minimum Gasteiger partial charge on any atom is -0.345 e. The van der Waals surface area contributed by atoms with Crippen molar-refractivity contribution in [1.29, 1.82) is 0 Å². The molecule has 1 aromatic rings. The summed E-state index contributed by atoms with van der Waals surface area (Å²) >= 11 is 0. The van der Waals surface area contributed by atoms with E-state index in [0.29, 0.717) is 0 Å². The zero-order chi connectivity index (χ0) is 11.4. The van der Waals surface area contributed by atoms with E-state index in [1.165, 1.54) is 31.7 Å². The van der Waals surface area contributed by atoms with Crippen molar-refractivity contribution in [1.82, 2.24) is 20.2 Å². The van der Waals surface area contributed by atoms with Crippen LogP contribution in [0.15, 0.2) is 6.20 Å². The van der Waals surface area contributed by atoms with Gasteiger partial charge in [0.25, 0.3) is 0 Å². The number of likely N-dealkylation sites (tertiary alicyclic amines) is 1. The zero-order valence-electron chi connectivity index (χ0n) is 10.3. The Morgan fingerprint density at radius 1 is 1.62 bits per heavy atom. The molecule has 1 atom stereocenters. The van der Waals surface area contributed by atoms with Crippen LogP contribution in [0, 0.1) is 12.8 Å². The minimum atomic E-state index is 0.823. The molecule has 0 amide bonds. The van der Waals surface area contributed by atoms with Crippen LogP contribution in [0.4, 0.5) is 0 Å². The molecule has 4 heteroatoms. The van der Waals surface area contributed by atoms with Crippen LogP contribution in [0.25, 0.3) is 0 Å². The highest BCUT2D eigenvalue weighted by molar-refractivity contribution is 4.99. The van der Waals surface area contributed by atoms with Crippen molar-refractivity contribution in [3.05, 3.63) is 17.7 Å². The second kappa shape index (κ2) is 5.46. The Bertz CT molecular complexity index is 321. The summed E-state index contributed by atoms with van der Waals surface area (Å²) < 4.78 is 0. The molecule has 4 nitrogen and oxygen atoms in total. The van der Waals surface area contributed by atoms with Gasteiger partial charge in [0.05, 0.1) is 0 Å². The minimum absolute atomic E-state index is 0.823. The third kappa shape index (κ3) is 3.06. The van der Waals surface area contributed by atoms with Gasteiger partial charge in [-0.2, -0.15) is 0 Å². The summed E-state index contributed by atoms with van der Waals surface area (Å²) in [6, 6.07) is 0. The molecule has 0 aromatic carbocycles. The molecule has 1 saturated heterocycles. The van der Waals surface area contributed by atoms with Gasteiger partial charge < -0.3 is 15.2 Å². The normalized spacial score (nSPS) is 21.8. The van der Waals surface area contributed by atoms with Gasteiger partial charge in [-0.1, -0.05) is 6.92 Å². The molecule has 0 saturated carbocycles. The number of H-pyrrole nitrogens is 1. The number of hydrogen-bond acceptors (Lipinski definition) is 3. The number of nitrogens with one attached hydrogen (secondary N) is 2. The first-order valence-electron chi connectivity index (χ1n) is 6.21. The van der Waals surface area contributed by atoms with Crippen LogP contribution < -0.4 is 5.32 Å². The standard InChI is InChI=1S/C12H22N4/c1-3-16-5-4-11(9-16)6-13-7-12-8-14-10(2)15-12/h8,11,13H,3-7,9H2,1-2H3,(H,14,15). The number of aromatic amines is 1. The molecule has 1 aliphatic rings. The van der Waals surface area contributed by atoms with Crippen LogP contribution in [0.5, 0.6) is 0 Å². The quantitative estimate of drug-likeness (QED) is 0.785. The summed E-state index contributed by atoms with van der Waals surface area (Å²) in [4.78, 5) is 9.95. The SMILES string of the molecule is CCN1CCC(CNCc2cnc(C)[nH]2)C1. The molecule has 0 aliphatic carbocycles. The average molecular weight is 222 g/mol. The Kier molecular flexibility index (Phi) is 3.96. The second-order valence-electron chi connectivity index (χ2n) is 4.67. The fourth-order valence-electron chi connectivity index (χ4n) is 2.34. The Morgan fingerprint density at radius 2 is 2.50 bits per heavy atom. The molecule has 1 aliphatic heterocycles. The van der Waals surface area contributed by atoms with E-state index in [2.05, 4.69) is 27.1 Å². The predicted molar refractivity (Wildman–Crippen MR) is 65.3 cm³/mol. The van der Waals surface area contributed by atoms with Crippen molar-refractivity contribution in [2.75, 3.05) is 26.2 Å². The van der Waals surface area contributed by atoms with E-state index in [0.717, 1.165) is 24.8 Å². The summed E-state index contributed by atoms with van der Waals surface area (Å²) in [5.41, 5.74) is 1.18. The number of aromatic nitrogens is 2. The van der Waals surface area contributed by atoms with Crippen molar-refractivity contribution in [2.45, 2.75) is 26.8 Å². The van der Waals surface area contributed by atoms with E-state index in [1.807, 2.05) is 13.1 Å². The predicted octanol–water partition coefficient (Wildman–Crippen LogP) is 1.15. The van der Waals surface area contributed by atoms with Gasteiger partial charge in [-0.05, 0) is 38.9 Å². The van der Waals surface area contributed by atoms with Gasteiger partial charge in [-0.15, -0.1) is 0 Å². The molecule has 2 heterocycles. The molecule has 1 aromatic heterocycles. The molecule has 0 bridgehead atoms. The van der Waals surface area contributed by atoms with E-state index in [9.17, 15) is 0 Å². The number of aryl methyl sites for hydroxylation is 1. The molecular weight excluding hydrogens is 200 g/mol. The van der Waals surface area contributed by atoms with Crippen LogP contribution in [-0.2, 0) is 6.54 Å². The summed E-state index contributed by atoms with van der Waals surface area (Å²) in [6.45, 7) is 9.97. The third-order valence-electron chi connectivity index (χ3n) is 3.32. The molecule has 2 N–H and O–H groups in total. The van der Waals surface area contributed by atoms with E-state index in [-0.39, 0.29) is 0 Å². The molecule has 90 valence electrons. The van der Waals surface area contributed by atoms with Gasteiger partial charge in [-0.3, -0.25) is 0 Å². The first-order chi connectivity index (χ1) is 7.78. The van der Waals surface area contributed by atoms with E-state index in [1.54, 1.807) is 0 Å². The number of imidazole rings is 1. The lowest BCUT2D eigenvalue weighted by Gasteiger charge is -2.13. The highest BCUT2D eigenvalue weighted by Crippen LogP contribution is 2.14. The maximum Gasteiger partial charge on any atom is 0.103 e. The van der Waals surface area contributed by atoms with E-state index in [4.69, 9.17) is 0 Å². The summed E-state index contributed by atoms with van der Waals surface area (Å²) in [5, 5.41) is 3.50. The highest BCUT2D eigenvalue weighted by Gasteiger charge is 2.20. The largest absolute Gasteiger partial charge is 0.345 e. The Hall–Kier alpha value is -0.870. The lowest BCUT2D eigenvalue weighted by atomic mass is 10.1. The first kappa shape index (κ1) is 11.6. The monoisotopic (exact) mass is 222 g/mol. The Labute approximate surface area is 97.4 Å². The number of hydrogen-bond donors (Lipinski definition) is 2. The van der Waals surface area contributed by atoms with Gasteiger partial charge in [0.2, 0.25) is 0 Å². The van der Waals surface area contributed by atoms with Crippen molar-refractivity contribution >= 4 is 0 Å². The molecule has 0 spiro atoms. The smallest absolute Gasteiger partial charge is 0.103 e. The molecule has 0 radical (unpaired) electrons. The average Bonchev–Trinajstić information content (AvgIpc) is 2.88. The fourth-order valence-corrected chi connectivity index (χ4v) is 2.34. The van der Waals surface area contributed by atoms with Crippen molar-refractivity contribution in [2.24, 2.45) is 5.92 Å². The third-order valence-corrected chi connectivity index (χ3v) is 3.32. The Morgan fingerprint density at radius 3 is 3.12 bits per heavy atom. The second-order valence-corrected chi connectivity index (χ2v) is 4.67. The number of nitrogens with zero attached hydrogens (tertiary/aromatic N) is 2. The van der Waals surface area contributed by atoms with Crippen LogP contribution in [0.3, 0.4) is 0 Å². The van der Waals surface area contributed by atoms with Crippen LogP contribution >= 0.6 is 0 Å². The lowest BCUT2D eigenvalue weighted by Crippen LogP contribution is -2.26. The summed E-state index contributed by atoms with van der Waals surface area (Å²) in [6.07, 6.45) is 3.25. The van der Waals surface area contributed by atoms with E-state index < -0.39 is 0 Å². The van der Waals surface area contributed by atoms with Crippen LogP contribution in [0.2, 0.25) is 0 Å². The Balaban J connectivity index is 1.65. The number of rotatable bonds is 5. The topological polar surface area (TPSA) is 44.0 Å². The van der Waals surface area contributed by atoms with Gasteiger partial charge >= 0.3 is 0 Å². The summed E-state index contributed by atoms with van der Waals surface area (Å²) in [5.74, 6) is 1.82. The summed E-state index contributed by atoms with van der Waals surface area (Å²) in [7, 11) is 0. The van der Waals surface area contributed by atoms with Crippen molar-refractivity contribution in [3.8, 4) is 0 Å². The molecule has 16 heavy (non-hydrogen) atoms. The maximum atomic E-state index is 4.19. The van der Waals surface area contributed by atoms with Crippen LogP contribution in [-0.4, -0.2) is 41.0 Å². The molecular formula is C12H22N4. The zero-order valence-corrected chi connectivity index (χ0v) is 10.3. The van der Waals surface area contributed by atoms with E-state index >= 15 is 0 Å². The van der Waals surface area contributed by atoms with Crippen molar-refractivity contribution < 1.29 is 0 Å². The maximum absolute atomic E-state index is 4.19. The molecule has 2 rings (SSSR count). The first-order valence-corrected chi connectivity index (χ1v) is 6.21. The van der Waals surface area contributed by atoms with Crippen LogP contribution in [0.1, 0.15) is 24.9 Å². The van der Waals surface area contributed by atoms with Gasteiger partial charge in [0.1, 0.15) is 5.82 Å². The highest BCUT2D eigenvalue weighted by atomic mass is 15.1. The van der Waals surface area contributed by atoms with Gasteiger partial charge in [-0.25, -0.2) is 4.98 Å². The van der Waals surface area contributed by atoms with Gasteiger partial charge in [0.15, 0.2) is 0 Å². The lowest BCUT2D eigenvalue weighted by molar-refractivity contribution is 0.338. The van der Waals surface area contributed by atoms with Gasteiger partial charge in [0, 0.05) is 25.0 Å². The molecule has 1 unspecified atom stereocenters.